The van der Waals surface area contributed by atoms with Crippen LogP contribution in [0.5, 0.6) is 0 Å². The smallest absolute Gasteiger partial charge is 0.211 e. The van der Waals surface area contributed by atoms with Gasteiger partial charge in [-0.05, 0) is 46.4 Å². The highest BCUT2D eigenvalue weighted by Crippen LogP contribution is 2.05. The van der Waals surface area contributed by atoms with Gasteiger partial charge in [-0.1, -0.05) is 6.92 Å². The van der Waals surface area contributed by atoms with Crippen LogP contribution in [0.4, 0.5) is 0 Å². The van der Waals surface area contributed by atoms with Crippen molar-refractivity contribution in [3.8, 4) is 0 Å². The second kappa shape index (κ2) is 9.74. The zero-order valence-electron chi connectivity index (χ0n) is 13.8. The predicted octanol–water partition coefficient (Wildman–Crippen LogP) is -0.0686. The van der Waals surface area contributed by atoms with Gasteiger partial charge < -0.3 is 10.2 Å². The highest BCUT2D eigenvalue weighted by atomic mass is 32.2. The standard InChI is InChI=1S/C14H32N4O2S/c1-4-7-15-8-5-6-11-21(19,20)16-12-14-13-17(2)9-10-18(14)3/h14-16H,4-13H2,1-3H3. The Morgan fingerprint density at radius 2 is 1.90 bits per heavy atom. The summed E-state index contributed by atoms with van der Waals surface area (Å²) in [7, 11) is 1.00. The fourth-order valence-corrected chi connectivity index (χ4v) is 3.64. The largest absolute Gasteiger partial charge is 0.317 e. The van der Waals surface area contributed by atoms with Gasteiger partial charge in [0.1, 0.15) is 0 Å². The minimum absolute atomic E-state index is 0.229. The van der Waals surface area contributed by atoms with E-state index >= 15 is 0 Å². The molecule has 0 spiro atoms. The van der Waals surface area contributed by atoms with Crippen LogP contribution in [0.15, 0.2) is 0 Å². The fraction of sp³-hybridized carbons (Fsp3) is 1.00. The lowest BCUT2D eigenvalue weighted by atomic mass is 10.2. The number of nitrogens with one attached hydrogen (secondary N) is 2. The Balaban J connectivity index is 2.19. The van der Waals surface area contributed by atoms with Gasteiger partial charge in [-0.2, -0.15) is 0 Å². The first kappa shape index (κ1) is 18.8. The molecule has 1 atom stereocenters. The van der Waals surface area contributed by atoms with E-state index in [1.54, 1.807) is 0 Å². The molecular weight excluding hydrogens is 288 g/mol. The lowest BCUT2D eigenvalue weighted by Crippen LogP contribution is -2.54. The molecule has 0 amide bonds. The van der Waals surface area contributed by atoms with Crippen molar-refractivity contribution in [3.05, 3.63) is 0 Å². The van der Waals surface area contributed by atoms with Crippen LogP contribution in [0.25, 0.3) is 0 Å². The molecule has 0 saturated carbocycles. The zero-order valence-corrected chi connectivity index (χ0v) is 14.6. The van der Waals surface area contributed by atoms with Crippen molar-refractivity contribution < 1.29 is 8.42 Å². The Morgan fingerprint density at radius 1 is 1.14 bits per heavy atom. The number of rotatable bonds is 10. The summed E-state index contributed by atoms with van der Waals surface area (Å²) in [5.41, 5.74) is 0. The number of sulfonamides is 1. The van der Waals surface area contributed by atoms with E-state index in [4.69, 9.17) is 0 Å². The normalized spacial score (nSPS) is 21.8. The lowest BCUT2D eigenvalue weighted by molar-refractivity contribution is 0.117. The van der Waals surface area contributed by atoms with Gasteiger partial charge in [-0.25, -0.2) is 13.1 Å². The number of unbranched alkanes of at least 4 members (excludes halogenated alkanes) is 1. The average molecular weight is 321 g/mol. The number of hydrogen-bond acceptors (Lipinski definition) is 5. The highest BCUT2D eigenvalue weighted by molar-refractivity contribution is 7.89. The number of likely N-dealkylation sites (N-methyl/N-ethyl adjacent to an activating group) is 2. The molecule has 0 aromatic carbocycles. The molecule has 2 N–H and O–H groups in total. The Kier molecular flexibility index (Phi) is 8.73. The second-order valence-corrected chi connectivity index (χ2v) is 7.95. The van der Waals surface area contributed by atoms with Crippen LogP contribution in [0.1, 0.15) is 26.2 Å². The van der Waals surface area contributed by atoms with Crippen molar-refractivity contribution in [2.24, 2.45) is 0 Å². The number of nitrogens with zero attached hydrogens (tertiary/aromatic N) is 2. The summed E-state index contributed by atoms with van der Waals surface area (Å²) in [5.74, 6) is 0.229. The first-order chi connectivity index (χ1) is 9.94. The molecule has 1 saturated heterocycles. The predicted molar refractivity (Wildman–Crippen MR) is 88.1 cm³/mol. The molecule has 0 aromatic heterocycles. The molecule has 21 heavy (non-hydrogen) atoms. The first-order valence-electron chi connectivity index (χ1n) is 8.01. The van der Waals surface area contributed by atoms with Gasteiger partial charge in [0.25, 0.3) is 0 Å². The Bertz CT molecular complexity index is 375. The minimum atomic E-state index is -3.14. The maximum Gasteiger partial charge on any atom is 0.211 e. The maximum atomic E-state index is 12.0. The van der Waals surface area contributed by atoms with Gasteiger partial charge in [0, 0.05) is 32.2 Å². The summed E-state index contributed by atoms with van der Waals surface area (Å²) >= 11 is 0. The molecule has 1 fully saturated rings. The van der Waals surface area contributed by atoms with Crippen molar-refractivity contribution in [2.75, 3.05) is 59.1 Å². The van der Waals surface area contributed by atoms with Crippen molar-refractivity contribution in [3.63, 3.8) is 0 Å². The van der Waals surface area contributed by atoms with Gasteiger partial charge >= 0.3 is 0 Å². The van der Waals surface area contributed by atoms with E-state index in [2.05, 4.69) is 40.9 Å². The SMILES string of the molecule is CCCNCCCCS(=O)(=O)NCC1CN(C)CCN1C. The third-order valence-electron chi connectivity index (χ3n) is 3.96. The molecule has 0 radical (unpaired) electrons. The Labute approximate surface area is 130 Å². The van der Waals surface area contributed by atoms with Crippen LogP contribution in [0.2, 0.25) is 0 Å². The molecule has 126 valence electrons. The lowest BCUT2D eigenvalue weighted by Gasteiger charge is -2.37. The van der Waals surface area contributed by atoms with E-state index in [-0.39, 0.29) is 11.8 Å². The van der Waals surface area contributed by atoms with Crippen LogP contribution in [0, 0.1) is 0 Å². The highest BCUT2D eigenvalue weighted by Gasteiger charge is 2.23. The first-order valence-corrected chi connectivity index (χ1v) is 9.66. The molecule has 0 aliphatic carbocycles. The molecule has 0 bridgehead atoms. The molecule has 0 aromatic rings. The molecular formula is C14H32N4O2S. The van der Waals surface area contributed by atoms with Crippen LogP contribution in [-0.2, 0) is 10.0 Å². The van der Waals surface area contributed by atoms with E-state index in [9.17, 15) is 8.42 Å². The number of piperazine rings is 1. The van der Waals surface area contributed by atoms with Crippen molar-refractivity contribution in [1.29, 1.82) is 0 Å². The van der Waals surface area contributed by atoms with Crippen LogP contribution in [0.3, 0.4) is 0 Å². The second-order valence-electron chi connectivity index (χ2n) is 6.02. The molecule has 1 aliphatic heterocycles. The third kappa shape index (κ3) is 8.11. The van der Waals surface area contributed by atoms with Gasteiger partial charge in [-0.15, -0.1) is 0 Å². The van der Waals surface area contributed by atoms with Crippen molar-refractivity contribution in [1.82, 2.24) is 19.8 Å². The molecule has 1 aliphatic rings. The van der Waals surface area contributed by atoms with E-state index in [0.29, 0.717) is 13.0 Å². The zero-order chi connectivity index (χ0) is 15.7. The third-order valence-corrected chi connectivity index (χ3v) is 5.40. The number of hydrogen-bond donors (Lipinski definition) is 2. The Hall–Kier alpha value is -0.210. The topological polar surface area (TPSA) is 64.7 Å². The summed E-state index contributed by atoms with van der Waals surface area (Å²) < 4.78 is 26.7. The quantitative estimate of drug-likeness (QED) is 0.552. The van der Waals surface area contributed by atoms with Crippen LogP contribution < -0.4 is 10.0 Å². The molecule has 1 rings (SSSR count). The Morgan fingerprint density at radius 3 is 2.62 bits per heavy atom. The van der Waals surface area contributed by atoms with E-state index < -0.39 is 10.0 Å². The summed E-state index contributed by atoms with van der Waals surface area (Å²) in [5, 5.41) is 3.29. The van der Waals surface area contributed by atoms with Crippen LogP contribution in [-0.4, -0.2) is 83.4 Å². The summed E-state index contributed by atoms with van der Waals surface area (Å²) in [6.07, 6.45) is 2.74. The summed E-state index contributed by atoms with van der Waals surface area (Å²) in [6, 6.07) is 0.268. The summed E-state index contributed by atoms with van der Waals surface area (Å²) in [4.78, 5) is 4.48. The van der Waals surface area contributed by atoms with Gasteiger partial charge in [-0.3, -0.25) is 4.90 Å². The van der Waals surface area contributed by atoms with Gasteiger partial charge in [0.2, 0.25) is 10.0 Å². The minimum Gasteiger partial charge on any atom is -0.317 e. The van der Waals surface area contributed by atoms with E-state index in [0.717, 1.165) is 45.6 Å². The van der Waals surface area contributed by atoms with E-state index in [1.165, 1.54) is 0 Å². The van der Waals surface area contributed by atoms with E-state index in [1.807, 2.05) is 0 Å². The fourth-order valence-electron chi connectivity index (χ4n) is 2.46. The average Bonchev–Trinajstić information content (AvgIpc) is 2.44. The monoisotopic (exact) mass is 320 g/mol. The van der Waals surface area contributed by atoms with Gasteiger partial charge in [0.15, 0.2) is 0 Å². The van der Waals surface area contributed by atoms with Crippen molar-refractivity contribution in [2.45, 2.75) is 32.2 Å². The summed E-state index contributed by atoms with van der Waals surface area (Å²) in [6.45, 7) is 7.50. The van der Waals surface area contributed by atoms with Crippen molar-refractivity contribution >= 4 is 10.0 Å². The molecule has 7 heteroatoms. The molecule has 1 unspecified atom stereocenters. The van der Waals surface area contributed by atoms with Gasteiger partial charge in [0.05, 0.1) is 5.75 Å². The molecule has 6 nitrogen and oxygen atoms in total. The van der Waals surface area contributed by atoms with Crippen LogP contribution >= 0.6 is 0 Å². The maximum absolute atomic E-state index is 12.0. The molecule has 1 heterocycles.